The van der Waals surface area contributed by atoms with E-state index in [0.717, 1.165) is 16.1 Å². The summed E-state index contributed by atoms with van der Waals surface area (Å²) in [6.07, 6.45) is -10.3. The van der Waals surface area contributed by atoms with Crippen LogP contribution in [-0.4, -0.2) is 84.4 Å². The number of hydrogen-bond acceptors (Lipinski definition) is 8. The van der Waals surface area contributed by atoms with Crippen molar-refractivity contribution in [3.05, 3.63) is 48.2 Å². The maximum Gasteiger partial charge on any atom is 0.471 e. The van der Waals surface area contributed by atoms with Gasteiger partial charge in [-0.25, -0.2) is 9.48 Å². The number of fused-ring (bicyclic) bond motifs is 3. The molecule has 0 radical (unpaired) electrons. The third-order valence-electron chi connectivity index (χ3n) is 5.64. The first kappa shape index (κ1) is 24.4. The first-order valence-electron chi connectivity index (χ1n) is 10.2. The molecule has 186 valence electrons. The molecule has 0 saturated heterocycles. The van der Waals surface area contributed by atoms with E-state index in [1.165, 1.54) is 0 Å². The number of aromatic nitrogens is 3. The number of nitrogens with one attached hydrogen (secondary N) is 1. The van der Waals surface area contributed by atoms with E-state index in [4.69, 9.17) is 4.74 Å². The van der Waals surface area contributed by atoms with Gasteiger partial charge in [0.15, 0.2) is 0 Å². The molecule has 0 fully saturated rings. The Hall–Kier alpha value is -3.75. The number of ether oxygens (including phenoxy) is 1. The van der Waals surface area contributed by atoms with Crippen LogP contribution >= 0.6 is 0 Å². The summed E-state index contributed by atoms with van der Waals surface area (Å²) in [4.78, 5) is 23.5. The Morgan fingerprint density at radius 2 is 1.89 bits per heavy atom. The van der Waals surface area contributed by atoms with Gasteiger partial charge in [-0.3, -0.25) is 4.79 Å². The van der Waals surface area contributed by atoms with Gasteiger partial charge in [-0.05, 0) is 17.5 Å². The fourth-order valence-corrected chi connectivity index (χ4v) is 3.96. The lowest BCUT2D eigenvalue weighted by Gasteiger charge is -2.40. The Morgan fingerprint density at radius 3 is 2.54 bits per heavy atom. The van der Waals surface area contributed by atoms with Gasteiger partial charge in [0.2, 0.25) is 5.76 Å². The van der Waals surface area contributed by atoms with Gasteiger partial charge in [0.1, 0.15) is 29.9 Å². The van der Waals surface area contributed by atoms with Crippen molar-refractivity contribution < 1.29 is 47.9 Å². The molecule has 1 amide bonds. The van der Waals surface area contributed by atoms with Crippen molar-refractivity contribution in [2.45, 2.75) is 36.6 Å². The number of carboxylic acid groups (broad SMARTS) is 1. The molecule has 2 aromatic carbocycles. The van der Waals surface area contributed by atoms with Crippen LogP contribution in [0, 0.1) is 0 Å². The average Bonchev–Trinajstić information content (AvgIpc) is 3.26. The molecule has 0 unspecified atom stereocenters. The van der Waals surface area contributed by atoms with E-state index in [1.54, 1.807) is 41.7 Å². The Bertz CT molecular complexity index is 1310. The number of halogens is 3. The molecule has 3 aromatic rings. The van der Waals surface area contributed by atoms with Gasteiger partial charge in [-0.1, -0.05) is 35.5 Å². The smallest absolute Gasteiger partial charge is 0.471 e. The monoisotopic (exact) mass is 496 g/mol. The molecule has 5 atom stereocenters. The number of nitrogens with zero attached hydrogens (tertiary/aromatic N) is 3. The van der Waals surface area contributed by atoms with Crippen LogP contribution in [0.1, 0.15) is 6.04 Å². The summed E-state index contributed by atoms with van der Waals surface area (Å²) >= 11 is 0. The number of hydrogen-bond donors (Lipinski definition) is 5. The molecule has 4 rings (SSSR count). The van der Waals surface area contributed by atoms with Crippen LogP contribution in [0.2, 0.25) is 0 Å². The molecule has 1 aromatic heterocycles. The molecule has 5 N–H and O–H groups in total. The standard InChI is InChI=1S/C21H19F3N4O7/c22-21(23,24)20(34)25-16-12(7-14(19(32)33)35-18(16)17(31)13(30)8-29)28-11-6-5-9-3-1-2-4-10(9)15(11)26-27-28/h1-7,12-13,16-18,29-31H,8H2,(H,25,34)(H,32,33)/t12-,13+,16+,17+,18+/m0/s1. The molecule has 1 aliphatic rings. The Labute approximate surface area is 194 Å². The van der Waals surface area contributed by atoms with Crippen molar-refractivity contribution in [1.29, 1.82) is 0 Å². The Balaban J connectivity index is 1.89. The van der Waals surface area contributed by atoms with Crippen molar-refractivity contribution in [2.75, 3.05) is 6.61 Å². The number of carbonyl (C=O) groups is 2. The number of carboxylic acids is 1. The number of rotatable bonds is 6. The van der Waals surface area contributed by atoms with Gasteiger partial charge < -0.3 is 30.5 Å². The lowest BCUT2D eigenvalue weighted by molar-refractivity contribution is -0.178. The molecule has 0 bridgehead atoms. The topological polar surface area (TPSA) is 167 Å². The predicted octanol–water partition coefficient (Wildman–Crippen LogP) is 0.254. The number of aliphatic hydroxyl groups is 3. The van der Waals surface area contributed by atoms with Crippen molar-refractivity contribution in [1.82, 2.24) is 20.3 Å². The number of aliphatic hydroxyl groups excluding tert-OH is 3. The number of carbonyl (C=O) groups excluding carboxylic acids is 1. The second-order valence-corrected chi connectivity index (χ2v) is 7.84. The third-order valence-corrected chi connectivity index (χ3v) is 5.64. The van der Waals surface area contributed by atoms with Crippen molar-refractivity contribution >= 4 is 33.7 Å². The highest BCUT2D eigenvalue weighted by Crippen LogP contribution is 2.33. The van der Waals surface area contributed by atoms with Crippen LogP contribution in [0.25, 0.3) is 21.8 Å². The van der Waals surface area contributed by atoms with E-state index in [-0.39, 0.29) is 0 Å². The zero-order valence-electron chi connectivity index (χ0n) is 17.6. The number of benzene rings is 2. The van der Waals surface area contributed by atoms with Gasteiger partial charge in [0.05, 0.1) is 18.2 Å². The second-order valence-electron chi connectivity index (χ2n) is 7.84. The normalized spacial score (nSPS) is 22.3. The summed E-state index contributed by atoms with van der Waals surface area (Å²) in [5, 5.41) is 50.3. The number of amides is 1. The van der Waals surface area contributed by atoms with Crippen LogP contribution < -0.4 is 5.32 Å². The Kier molecular flexibility index (Phi) is 6.36. The minimum absolute atomic E-state index is 0.291. The fourth-order valence-electron chi connectivity index (χ4n) is 3.96. The molecular weight excluding hydrogens is 477 g/mol. The maximum atomic E-state index is 13.1. The van der Waals surface area contributed by atoms with Crippen molar-refractivity contribution in [3.63, 3.8) is 0 Å². The number of alkyl halides is 3. The van der Waals surface area contributed by atoms with E-state index < -0.39 is 60.8 Å². The van der Waals surface area contributed by atoms with Gasteiger partial charge in [0.25, 0.3) is 0 Å². The fraction of sp³-hybridized carbons (Fsp3) is 0.333. The largest absolute Gasteiger partial charge is 0.478 e. The van der Waals surface area contributed by atoms with Crippen LogP contribution in [0.15, 0.2) is 48.2 Å². The molecule has 0 aliphatic carbocycles. The highest BCUT2D eigenvalue weighted by atomic mass is 19.4. The zero-order chi connectivity index (χ0) is 25.5. The third kappa shape index (κ3) is 4.50. The van der Waals surface area contributed by atoms with Crippen LogP contribution in [0.3, 0.4) is 0 Å². The van der Waals surface area contributed by atoms with Crippen LogP contribution in [0.4, 0.5) is 13.2 Å². The quantitative estimate of drug-likeness (QED) is 0.321. The molecule has 14 heteroatoms. The highest BCUT2D eigenvalue weighted by molar-refractivity contribution is 6.03. The van der Waals surface area contributed by atoms with E-state index in [2.05, 4.69) is 10.3 Å². The van der Waals surface area contributed by atoms with Crippen LogP contribution in [-0.2, 0) is 14.3 Å². The summed E-state index contributed by atoms with van der Waals surface area (Å²) in [6.45, 7) is -1.02. The van der Waals surface area contributed by atoms with Gasteiger partial charge >= 0.3 is 18.1 Å². The van der Waals surface area contributed by atoms with E-state index in [9.17, 15) is 43.2 Å². The van der Waals surface area contributed by atoms with Crippen molar-refractivity contribution in [2.24, 2.45) is 0 Å². The van der Waals surface area contributed by atoms with E-state index in [1.807, 2.05) is 0 Å². The summed E-state index contributed by atoms with van der Waals surface area (Å²) in [5.74, 6) is -4.79. The van der Waals surface area contributed by atoms with Crippen molar-refractivity contribution in [3.8, 4) is 0 Å². The van der Waals surface area contributed by atoms with Gasteiger partial charge in [0, 0.05) is 5.39 Å². The van der Waals surface area contributed by atoms with E-state index >= 15 is 0 Å². The lowest BCUT2D eigenvalue weighted by atomic mass is 9.91. The minimum atomic E-state index is -5.33. The molecule has 0 spiro atoms. The molecule has 0 saturated carbocycles. The zero-order valence-corrected chi connectivity index (χ0v) is 17.6. The van der Waals surface area contributed by atoms with Crippen LogP contribution in [0.5, 0.6) is 0 Å². The molecule has 35 heavy (non-hydrogen) atoms. The molecule has 2 heterocycles. The average molecular weight is 496 g/mol. The Morgan fingerprint density at radius 1 is 1.17 bits per heavy atom. The summed E-state index contributed by atoms with van der Waals surface area (Å²) in [6, 6.07) is 7.12. The lowest BCUT2D eigenvalue weighted by Crippen LogP contribution is -2.60. The first-order valence-corrected chi connectivity index (χ1v) is 10.2. The maximum absolute atomic E-state index is 13.1. The summed E-state index contributed by atoms with van der Waals surface area (Å²) in [7, 11) is 0. The number of aliphatic carboxylic acids is 1. The minimum Gasteiger partial charge on any atom is -0.478 e. The van der Waals surface area contributed by atoms with Gasteiger partial charge in [-0.2, -0.15) is 13.2 Å². The first-order chi connectivity index (χ1) is 16.5. The molecule has 1 aliphatic heterocycles. The van der Waals surface area contributed by atoms with E-state index in [0.29, 0.717) is 16.4 Å². The predicted molar refractivity (Wildman–Crippen MR) is 112 cm³/mol. The SMILES string of the molecule is O=C(O)C1=C[C@H](n2nnc3c4ccccc4ccc32)[C@@H](NC(=O)C(F)(F)F)[C@H]([C@H](O)[C@H](O)CO)O1. The second kappa shape index (κ2) is 9.13. The summed E-state index contributed by atoms with van der Waals surface area (Å²) < 4.78 is 45.6. The molecule has 11 nitrogen and oxygen atoms in total. The summed E-state index contributed by atoms with van der Waals surface area (Å²) in [5.41, 5.74) is 0.645. The highest BCUT2D eigenvalue weighted by Gasteiger charge is 2.49. The molecular formula is C21H19F3N4O7. The van der Waals surface area contributed by atoms with Gasteiger partial charge in [-0.15, -0.1) is 5.10 Å².